The highest BCUT2D eigenvalue weighted by Crippen LogP contribution is 2.36. The number of nitrogens with zero attached hydrogens (tertiary/aromatic N) is 4. The van der Waals surface area contributed by atoms with E-state index < -0.39 is 27.4 Å². The van der Waals surface area contributed by atoms with Gasteiger partial charge in [0.1, 0.15) is 23.3 Å². The topological polar surface area (TPSA) is 110 Å². The van der Waals surface area contributed by atoms with Crippen molar-refractivity contribution < 1.29 is 31.4 Å². The minimum atomic E-state index is -4.50. The zero-order chi connectivity index (χ0) is 30.0. The quantitative estimate of drug-likeness (QED) is 0.212. The van der Waals surface area contributed by atoms with Crippen molar-refractivity contribution in [3.63, 3.8) is 0 Å². The fourth-order valence-electron chi connectivity index (χ4n) is 4.03. The molecule has 0 radical (unpaired) electrons. The summed E-state index contributed by atoms with van der Waals surface area (Å²) in [7, 11) is -3.51. The van der Waals surface area contributed by atoms with Gasteiger partial charge < -0.3 is 19.7 Å². The van der Waals surface area contributed by atoms with Crippen LogP contribution >= 0.6 is 11.6 Å². The van der Waals surface area contributed by atoms with E-state index >= 15 is 0 Å². The first-order chi connectivity index (χ1) is 19.1. The largest absolute Gasteiger partial charge is 0.456 e. The van der Waals surface area contributed by atoms with Gasteiger partial charge in [0, 0.05) is 31.5 Å². The number of hydrogen-bond donors (Lipinski definition) is 2. The number of halogens is 4. The lowest BCUT2D eigenvalue weighted by molar-refractivity contribution is -0.137. The standard InChI is InChI=1S/C27H29ClF3N5O4S/c1-26(2,37)10-12-36(41(3,38)39)14-13-35-11-9-22-24(35)25(33-17-32-22)34-19-7-8-23(21(28)16-19)40-20-6-4-5-18(15-20)27(29,30)31/h4-9,11,15-17,37H,10,12-14H2,1-3H3,(H,32,33,34). The second kappa shape index (κ2) is 11.8. The number of benzene rings is 2. The second-order valence-corrected chi connectivity index (χ2v) is 12.5. The summed E-state index contributed by atoms with van der Waals surface area (Å²) in [6.07, 6.45) is 0.0623. The van der Waals surface area contributed by atoms with Gasteiger partial charge in [-0.1, -0.05) is 17.7 Å². The van der Waals surface area contributed by atoms with Crippen LogP contribution in [0, 0.1) is 0 Å². The van der Waals surface area contributed by atoms with Crippen LogP contribution in [0.4, 0.5) is 24.7 Å². The van der Waals surface area contributed by atoms with Crippen molar-refractivity contribution in [3.8, 4) is 11.5 Å². The molecule has 2 aromatic carbocycles. The molecule has 0 bridgehead atoms. The smallest absolute Gasteiger partial charge is 0.416 e. The summed E-state index contributed by atoms with van der Waals surface area (Å²) in [5.74, 6) is 0.591. The summed E-state index contributed by atoms with van der Waals surface area (Å²) < 4.78 is 72.5. The molecule has 0 amide bonds. The maximum Gasteiger partial charge on any atom is 0.416 e. The molecule has 41 heavy (non-hydrogen) atoms. The summed E-state index contributed by atoms with van der Waals surface area (Å²) in [5.41, 5.74) is -0.0632. The Morgan fingerprint density at radius 1 is 1.10 bits per heavy atom. The number of aromatic nitrogens is 3. The van der Waals surface area contributed by atoms with Crippen molar-refractivity contribution in [2.45, 2.75) is 38.6 Å². The van der Waals surface area contributed by atoms with E-state index in [9.17, 15) is 26.7 Å². The third-order valence-corrected chi connectivity index (χ3v) is 7.76. The van der Waals surface area contributed by atoms with Crippen LogP contribution < -0.4 is 10.1 Å². The molecule has 2 aromatic heterocycles. The number of aliphatic hydroxyl groups is 1. The van der Waals surface area contributed by atoms with Gasteiger partial charge in [-0.3, -0.25) is 0 Å². The number of rotatable bonds is 11. The molecule has 2 N–H and O–H groups in total. The summed E-state index contributed by atoms with van der Waals surface area (Å²) in [4.78, 5) is 8.63. The highest BCUT2D eigenvalue weighted by molar-refractivity contribution is 7.88. The lowest BCUT2D eigenvalue weighted by atomic mass is 10.1. The van der Waals surface area contributed by atoms with Gasteiger partial charge in [0.15, 0.2) is 5.82 Å². The van der Waals surface area contributed by atoms with Crippen LogP contribution in [0.2, 0.25) is 5.02 Å². The minimum Gasteiger partial charge on any atom is -0.456 e. The van der Waals surface area contributed by atoms with Crippen molar-refractivity contribution in [3.05, 3.63) is 71.6 Å². The molecule has 2 heterocycles. The fraction of sp³-hybridized carbons (Fsp3) is 0.333. The molecule has 0 spiro atoms. The molecule has 0 aliphatic carbocycles. The molecule has 0 fully saturated rings. The highest BCUT2D eigenvalue weighted by Gasteiger charge is 2.30. The van der Waals surface area contributed by atoms with E-state index in [1.54, 1.807) is 38.2 Å². The normalized spacial score (nSPS) is 12.7. The van der Waals surface area contributed by atoms with Gasteiger partial charge in [-0.25, -0.2) is 22.7 Å². The maximum absolute atomic E-state index is 13.0. The average molecular weight is 612 g/mol. The van der Waals surface area contributed by atoms with Gasteiger partial charge in [0.25, 0.3) is 0 Å². The van der Waals surface area contributed by atoms with Crippen LogP contribution in [0.1, 0.15) is 25.8 Å². The molecule has 0 saturated carbocycles. The first-order valence-electron chi connectivity index (χ1n) is 12.5. The summed E-state index contributed by atoms with van der Waals surface area (Å²) >= 11 is 6.39. The molecule has 4 rings (SSSR count). The highest BCUT2D eigenvalue weighted by atomic mass is 35.5. The van der Waals surface area contributed by atoms with E-state index in [2.05, 4.69) is 15.3 Å². The molecule has 4 aromatic rings. The Morgan fingerprint density at radius 2 is 1.85 bits per heavy atom. The first-order valence-corrected chi connectivity index (χ1v) is 14.7. The maximum atomic E-state index is 13.0. The van der Waals surface area contributed by atoms with Gasteiger partial charge in [0.05, 0.1) is 28.0 Å². The molecule has 9 nitrogen and oxygen atoms in total. The van der Waals surface area contributed by atoms with Crippen molar-refractivity contribution >= 4 is 44.2 Å². The zero-order valence-electron chi connectivity index (χ0n) is 22.5. The molecule has 220 valence electrons. The number of sulfonamides is 1. The van der Waals surface area contributed by atoms with E-state index in [0.29, 0.717) is 29.1 Å². The molecular formula is C27H29ClF3N5O4S. The van der Waals surface area contributed by atoms with Gasteiger partial charge >= 0.3 is 6.18 Å². The van der Waals surface area contributed by atoms with E-state index in [1.165, 1.54) is 28.8 Å². The van der Waals surface area contributed by atoms with Crippen LogP contribution in [0.5, 0.6) is 11.5 Å². The SMILES string of the molecule is CC(C)(O)CCN(CCn1ccc2ncnc(Nc3ccc(Oc4cccc(C(F)(F)F)c4)c(Cl)c3)c21)S(C)(=O)=O. The van der Waals surface area contributed by atoms with E-state index in [4.69, 9.17) is 16.3 Å². The van der Waals surface area contributed by atoms with Gasteiger partial charge in [-0.15, -0.1) is 0 Å². The second-order valence-electron chi connectivity index (χ2n) is 10.1. The predicted octanol–water partition coefficient (Wildman–Crippen LogP) is 6.06. The monoisotopic (exact) mass is 611 g/mol. The predicted molar refractivity (Wildman–Crippen MR) is 151 cm³/mol. The Hall–Kier alpha value is -3.39. The van der Waals surface area contributed by atoms with Crippen molar-refractivity contribution in [1.82, 2.24) is 18.8 Å². The Balaban J connectivity index is 1.53. The molecular weight excluding hydrogens is 583 g/mol. The number of alkyl halides is 3. The summed E-state index contributed by atoms with van der Waals surface area (Å²) in [6, 6.07) is 11.0. The molecule has 0 unspecified atom stereocenters. The average Bonchev–Trinajstić information content (AvgIpc) is 3.28. The zero-order valence-corrected chi connectivity index (χ0v) is 24.1. The lowest BCUT2D eigenvalue weighted by Crippen LogP contribution is -2.37. The molecule has 0 saturated heterocycles. The molecule has 0 atom stereocenters. The number of anilines is 2. The number of hydrogen-bond acceptors (Lipinski definition) is 7. The fourth-order valence-corrected chi connectivity index (χ4v) is 5.09. The van der Waals surface area contributed by atoms with Crippen LogP contribution in [-0.2, 0) is 22.7 Å². The first kappa shape index (κ1) is 30.6. The van der Waals surface area contributed by atoms with Gasteiger partial charge in [-0.05, 0) is 62.7 Å². The Kier molecular flexibility index (Phi) is 8.83. The van der Waals surface area contributed by atoms with E-state index in [-0.39, 0.29) is 36.0 Å². The Morgan fingerprint density at radius 3 is 2.51 bits per heavy atom. The summed E-state index contributed by atoms with van der Waals surface area (Å²) in [5, 5.41) is 13.4. The number of nitrogens with one attached hydrogen (secondary N) is 1. The summed E-state index contributed by atoms with van der Waals surface area (Å²) in [6.45, 7) is 3.88. The van der Waals surface area contributed by atoms with E-state index in [1.807, 2.05) is 4.57 Å². The molecule has 0 aliphatic rings. The third kappa shape index (κ3) is 8.09. The molecule has 14 heteroatoms. The lowest BCUT2D eigenvalue weighted by Gasteiger charge is -2.24. The van der Waals surface area contributed by atoms with Crippen LogP contribution in [-0.4, -0.2) is 57.3 Å². The van der Waals surface area contributed by atoms with Gasteiger partial charge in [0.2, 0.25) is 10.0 Å². The Labute approximate surface area is 240 Å². The van der Waals surface area contributed by atoms with Crippen LogP contribution in [0.15, 0.2) is 61.1 Å². The third-order valence-electron chi connectivity index (χ3n) is 6.17. The number of fused-ring (bicyclic) bond motifs is 1. The molecule has 0 aliphatic heterocycles. The number of ether oxygens (including phenoxy) is 1. The van der Waals surface area contributed by atoms with Crippen molar-refractivity contribution in [2.75, 3.05) is 24.7 Å². The van der Waals surface area contributed by atoms with Crippen LogP contribution in [0.25, 0.3) is 11.0 Å². The minimum absolute atomic E-state index is 0.0107. The van der Waals surface area contributed by atoms with Crippen LogP contribution in [0.3, 0.4) is 0 Å². The Bertz CT molecular complexity index is 1640. The van der Waals surface area contributed by atoms with Gasteiger partial charge in [-0.2, -0.15) is 13.2 Å². The van der Waals surface area contributed by atoms with E-state index in [0.717, 1.165) is 18.4 Å². The van der Waals surface area contributed by atoms with Crippen molar-refractivity contribution in [2.24, 2.45) is 0 Å². The van der Waals surface area contributed by atoms with Crippen molar-refractivity contribution in [1.29, 1.82) is 0 Å².